The van der Waals surface area contributed by atoms with Crippen molar-refractivity contribution < 1.29 is 35.3 Å². The van der Waals surface area contributed by atoms with Crippen molar-refractivity contribution >= 4 is 20.9 Å². The Bertz CT molecular complexity index is 1130. The van der Waals surface area contributed by atoms with E-state index in [1.807, 2.05) is 30.5 Å². The van der Waals surface area contributed by atoms with Crippen molar-refractivity contribution in [3.63, 3.8) is 0 Å². The Balaban J connectivity index is 0.000000466. The van der Waals surface area contributed by atoms with Gasteiger partial charge in [-0.1, -0.05) is 70.1 Å². The van der Waals surface area contributed by atoms with E-state index in [9.17, 15) is 13.2 Å². The Kier molecular flexibility index (Phi) is 11.5. The topological polar surface area (TPSA) is 77.7 Å². The van der Waals surface area contributed by atoms with Crippen molar-refractivity contribution in [2.75, 3.05) is 6.61 Å². The maximum absolute atomic E-state index is 10.7. The van der Waals surface area contributed by atoms with Crippen LogP contribution >= 0.6 is 0 Å². The molecule has 9 heteroatoms. The molecule has 1 heterocycles. The highest BCUT2D eigenvalue weighted by atomic mass is 32.2. The summed E-state index contributed by atoms with van der Waals surface area (Å²) < 4.78 is 70.6. The summed E-state index contributed by atoms with van der Waals surface area (Å²) >= 11 is 0. The van der Waals surface area contributed by atoms with Crippen LogP contribution < -0.4 is 4.74 Å². The molecule has 0 spiro atoms. The molecule has 1 aromatic heterocycles. The van der Waals surface area contributed by atoms with Crippen molar-refractivity contribution in [1.82, 2.24) is 0 Å². The molecule has 35 heavy (non-hydrogen) atoms. The number of rotatable bonds is 11. The van der Waals surface area contributed by atoms with Gasteiger partial charge >= 0.3 is 17.5 Å². The smallest absolute Gasteiger partial charge is 0.485 e. The summed E-state index contributed by atoms with van der Waals surface area (Å²) in [6.45, 7) is 3.06. The highest BCUT2D eigenvalue weighted by Gasteiger charge is 2.36. The molecule has 5 nitrogen and oxygen atoms in total. The van der Waals surface area contributed by atoms with Gasteiger partial charge < -0.3 is 9.29 Å². The summed E-state index contributed by atoms with van der Waals surface area (Å²) in [7, 11) is -6.09. The zero-order valence-corrected chi connectivity index (χ0v) is 20.5. The van der Waals surface area contributed by atoms with Crippen LogP contribution in [0.25, 0.3) is 22.1 Å². The zero-order valence-electron chi connectivity index (χ0n) is 19.7. The lowest BCUT2D eigenvalue weighted by Gasteiger charge is -2.08. The average Bonchev–Trinajstić information content (AvgIpc) is 2.82. The van der Waals surface area contributed by atoms with Crippen LogP contribution in [0.15, 0.2) is 65.3 Å². The monoisotopic (exact) mass is 512 g/mol. The van der Waals surface area contributed by atoms with Crippen molar-refractivity contribution in [3.8, 4) is 17.1 Å². The molecule has 3 rings (SSSR count). The van der Waals surface area contributed by atoms with Crippen LogP contribution in [0.5, 0.6) is 5.75 Å². The number of unbranched alkanes of at least 4 members (excludes halogenated alkanes) is 7. The van der Waals surface area contributed by atoms with Gasteiger partial charge in [0.2, 0.25) is 0 Å². The number of fused-ring (bicyclic) bond motifs is 1. The lowest BCUT2D eigenvalue weighted by Crippen LogP contribution is -2.21. The number of alkyl halides is 3. The largest absolute Gasteiger partial charge is 0.741 e. The van der Waals surface area contributed by atoms with Crippen LogP contribution in [0.3, 0.4) is 0 Å². The van der Waals surface area contributed by atoms with Crippen molar-refractivity contribution in [2.45, 2.75) is 63.8 Å². The van der Waals surface area contributed by atoms with Crippen molar-refractivity contribution in [1.29, 1.82) is 0 Å². The predicted octanol–water partition coefficient (Wildman–Crippen LogP) is 7.95. The van der Waals surface area contributed by atoms with Gasteiger partial charge in [-0.05, 0) is 42.1 Å². The Morgan fingerprint density at radius 1 is 0.857 bits per heavy atom. The molecule has 0 atom stereocenters. The third-order valence-electron chi connectivity index (χ3n) is 5.28. The summed E-state index contributed by atoms with van der Waals surface area (Å²) in [5.74, 6) is 1.81. The fraction of sp³-hybridized carbons (Fsp3) is 0.423. The summed E-state index contributed by atoms with van der Waals surface area (Å²) in [4.78, 5) is 0. The second-order valence-corrected chi connectivity index (χ2v) is 9.49. The lowest BCUT2D eigenvalue weighted by molar-refractivity contribution is -0.0517. The molecule has 0 saturated heterocycles. The first-order valence-corrected chi connectivity index (χ1v) is 13.1. The summed E-state index contributed by atoms with van der Waals surface area (Å²) in [5.41, 5.74) is -4.58. The van der Waals surface area contributed by atoms with Gasteiger partial charge in [0.05, 0.1) is 23.6 Å². The maximum Gasteiger partial charge on any atom is 0.485 e. The summed E-state index contributed by atoms with van der Waals surface area (Å²) in [6, 6.07) is 18.5. The van der Waals surface area contributed by atoms with Gasteiger partial charge in [0.25, 0.3) is 0 Å². The van der Waals surface area contributed by atoms with E-state index in [1.54, 1.807) is 0 Å². The molecule has 3 aromatic rings. The maximum atomic E-state index is 10.7. The third-order valence-corrected chi connectivity index (χ3v) is 5.85. The quantitative estimate of drug-likeness (QED) is 0.113. The Morgan fingerprint density at radius 2 is 1.40 bits per heavy atom. The Labute approximate surface area is 204 Å². The fourth-order valence-electron chi connectivity index (χ4n) is 3.34. The molecule has 0 aliphatic carbocycles. The fourth-order valence-corrected chi connectivity index (χ4v) is 3.34. The number of ether oxygens (including phenoxy) is 1. The molecule has 0 radical (unpaired) electrons. The molecule has 0 fully saturated rings. The average molecular weight is 513 g/mol. The molecule has 2 aromatic carbocycles. The number of hydrogen-bond donors (Lipinski definition) is 0. The minimum atomic E-state index is -6.09. The van der Waals surface area contributed by atoms with E-state index < -0.39 is 15.6 Å². The highest BCUT2D eigenvalue weighted by Crippen LogP contribution is 2.26. The van der Waals surface area contributed by atoms with Crippen LogP contribution in [-0.4, -0.2) is 25.1 Å². The first-order valence-electron chi connectivity index (χ1n) is 11.7. The highest BCUT2D eigenvalue weighted by molar-refractivity contribution is 7.86. The van der Waals surface area contributed by atoms with E-state index in [1.165, 1.54) is 50.3 Å². The molecular formula is C26H31F3O5S. The van der Waals surface area contributed by atoms with Gasteiger partial charge in [-0.25, -0.2) is 12.8 Å². The van der Waals surface area contributed by atoms with Gasteiger partial charge in [-0.15, -0.1) is 0 Å². The van der Waals surface area contributed by atoms with Gasteiger partial charge in [0, 0.05) is 0 Å². The molecular weight excluding hydrogens is 481 g/mol. The van der Waals surface area contributed by atoms with Crippen LogP contribution in [-0.2, 0) is 10.1 Å². The van der Waals surface area contributed by atoms with Crippen LogP contribution in [0.2, 0.25) is 0 Å². The SMILES string of the molecule is CCCCCCCCCCOc1ccc(-c2cc3ccccc3c[o+]2)cc1.O=S(=O)([O-])C(F)(F)F. The summed E-state index contributed by atoms with van der Waals surface area (Å²) in [6.07, 6.45) is 12.4. The van der Waals surface area contributed by atoms with Crippen molar-refractivity contribution in [2.24, 2.45) is 0 Å². The predicted molar refractivity (Wildman–Crippen MR) is 130 cm³/mol. The Morgan fingerprint density at radius 3 is 1.97 bits per heavy atom. The van der Waals surface area contributed by atoms with E-state index in [-0.39, 0.29) is 0 Å². The molecule has 0 aliphatic heterocycles. The van der Waals surface area contributed by atoms with Gasteiger partial charge in [0.1, 0.15) is 5.75 Å². The molecule has 0 aliphatic rings. The second kappa shape index (κ2) is 14.0. The first-order chi connectivity index (χ1) is 16.6. The molecule has 0 unspecified atom stereocenters. The first kappa shape index (κ1) is 28.6. The van der Waals surface area contributed by atoms with E-state index in [0.29, 0.717) is 0 Å². The molecule has 0 N–H and O–H groups in total. The molecule has 0 amide bonds. The number of benzene rings is 2. The standard InChI is InChI=1S/C25H31O2.CHF3O3S/c1-2-3-4-5-6-7-8-11-18-26-24-16-14-21(15-17-24)25-19-22-12-9-10-13-23(22)20-27-25;2-1(3,4)8(5,6)7/h9-10,12-17,19-20H,2-8,11,18H2,1H3;(H,5,6,7)/q+1;/p-1. The third kappa shape index (κ3) is 10.2. The van der Waals surface area contributed by atoms with Gasteiger partial charge in [-0.2, -0.15) is 13.2 Å². The van der Waals surface area contributed by atoms with Gasteiger partial charge in [0.15, 0.2) is 10.1 Å². The zero-order chi connectivity index (χ0) is 25.7. The number of hydrogen-bond acceptors (Lipinski definition) is 4. The normalized spacial score (nSPS) is 11.7. The molecule has 0 bridgehead atoms. The minimum absolute atomic E-state index is 0.800. The van der Waals surface area contributed by atoms with Crippen LogP contribution in [0.4, 0.5) is 13.2 Å². The van der Waals surface area contributed by atoms with Gasteiger partial charge in [-0.3, -0.25) is 0 Å². The molecule has 192 valence electrons. The van der Waals surface area contributed by atoms with E-state index in [0.717, 1.165) is 35.5 Å². The summed E-state index contributed by atoms with van der Waals surface area (Å²) in [5, 5.41) is 2.31. The van der Waals surface area contributed by atoms with E-state index in [2.05, 4.69) is 37.3 Å². The molecule has 0 saturated carbocycles. The van der Waals surface area contributed by atoms with Crippen LogP contribution in [0.1, 0.15) is 58.3 Å². The van der Waals surface area contributed by atoms with E-state index in [4.69, 9.17) is 22.1 Å². The number of halogens is 3. The minimum Gasteiger partial charge on any atom is -0.741 e. The second-order valence-electron chi connectivity index (χ2n) is 8.12. The lowest BCUT2D eigenvalue weighted by atomic mass is 10.1. The Hall–Kier alpha value is -2.65. The van der Waals surface area contributed by atoms with Crippen LogP contribution in [0, 0.1) is 0 Å². The van der Waals surface area contributed by atoms with Crippen molar-refractivity contribution in [3.05, 3.63) is 60.9 Å². The van der Waals surface area contributed by atoms with E-state index >= 15 is 0 Å².